The molecule has 0 atom stereocenters. The van der Waals surface area contributed by atoms with E-state index in [1.165, 1.54) is 6.07 Å². The number of amides is 1. The highest BCUT2D eigenvalue weighted by atomic mass is 35.5. The van der Waals surface area contributed by atoms with Crippen molar-refractivity contribution in [2.24, 2.45) is 0 Å². The van der Waals surface area contributed by atoms with Crippen molar-refractivity contribution >= 4 is 23.4 Å². The zero-order valence-electron chi connectivity index (χ0n) is 18.9. The number of piperidine rings is 1. The molecule has 1 aromatic heterocycles. The van der Waals surface area contributed by atoms with Gasteiger partial charge in [0.25, 0.3) is 0 Å². The van der Waals surface area contributed by atoms with Gasteiger partial charge in [0.1, 0.15) is 17.1 Å². The number of carbonyl (C=O) groups is 1. The van der Waals surface area contributed by atoms with Gasteiger partial charge in [-0.1, -0.05) is 18.2 Å². The minimum Gasteiger partial charge on any atom is -0.444 e. The first-order valence-electron chi connectivity index (χ1n) is 11.1. The van der Waals surface area contributed by atoms with E-state index < -0.39 is 5.60 Å². The molecule has 6 nitrogen and oxygen atoms in total. The second-order valence-corrected chi connectivity index (χ2v) is 9.96. The van der Waals surface area contributed by atoms with E-state index in [4.69, 9.17) is 16.3 Å². The van der Waals surface area contributed by atoms with Crippen molar-refractivity contribution in [3.8, 4) is 0 Å². The van der Waals surface area contributed by atoms with Crippen LogP contribution in [0, 0.1) is 5.82 Å². The lowest BCUT2D eigenvalue weighted by atomic mass is 9.89. The Labute approximate surface area is 193 Å². The topological polar surface area (TPSA) is 61.5 Å². The number of hydrogen-bond acceptors (Lipinski definition) is 4. The fourth-order valence-electron chi connectivity index (χ4n) is 4.45. The summed E-state index contributed by atoms with van der Waals surface area (Å²) in [7, 11) is 0. The molecule has 0 bridgehead atoms. The molecule has 1 aromatic carbocycles. The Balaban J connectivity index is 1.43. The van der Waals surface area contributed by atoms with E-state index in [-0.39, 0.29) is 17.8 Å². The Hall–Kier alpha value is -2.54. The van der Waals surface area contributed by atoms with Crippen LogP contribution in [0.5, 0.6) is 0 Å². The van der Waals surface area contributed by atoms with Crippen LogP contribution in [0.3, 0.4) is 0 Å². The van der Waals surface area contributed by atoms with Crippen LogP contribution in [-0.2, 0) is 17.7 Å². The third-order valence-corrected chi connectivity index (χ3v) is 6.48. The zero-order valence-corrected chi connectivity index (χ0v) is 19.6. The third-order valence-electron chi connectivity index (χ3n) is 6.13. The number of rotatable bonds is 3. The summed E-state index contributed by atoms with van der Waals surface area (Å²) in [6, 6.07) is 4.57. The van der Waals surface area contributed by atoms with Gasteiger partial charge in [-0.05, 0) is 63.3 Å². The van der Waals surface area contributed by atoms with Crippen LogP contribution in [0.1, 0.15) is 62.0 Å². The number of likely N-dealkylation sites (tertiary alicyclic amines) is 1. The van der Waals surface area contributed by atoms with Crippen LogP contribution in [0.15, 0.2) is 24.8 Å². The molecule has 2 aliphatic heterocycles. The third kappa shape index (κ3) is 4.77. The summed E-state index contributed by atoms with van der Waals surface area (Å²) in [6.45, 7) is 12.5. The van der Waals surface area contributed by atoms with Gasteiger partial charge < -0.3 is 14.5 Å². The van der Waals surface area contributed by atoms with Gasteiger partial charge in [0.2, 0.25) is 0 Å². The number of ether oxygens (including phenoxy) is 1. The normalized spacial score (nSPS) is 17.3. The summed E-state index contributed by atoms with van der Waals surface area (Å²) < 4.78 is 19.2. The molecule has 0 spiro atoms. The number of fused-ring (bicyclic) bond motifs is 1. The van der Waals surface area contributed by atoms with Crippen LogP contribution in [0.4, 0.5) is 9.18 Å². The molecular formula is C24H30ClFN4O2. The second kappa shape index (κ2) is 8.77. The van der Waals surface area contributed by atoms with Gasteiger partial charge in [-0.25, -0.2) is 9.18 Å². The van der Waals surface area contributed by atoms with Gasteiger partial charge in [-0.15, -0.1) is 0 Å². The summed E-state index contributed by atoms with van der Waals surface area (Å²) >= 11 is 6.31. The standard InChI is InChI=1S/C24H30ClFN4O2/c1-15(29-10-7-16(8-11-29)18-13-17(26)5-6-20(18)25)22-19-14-30(12-9-21(19)27-28-22)23(31)32-24(2,3)4/h5-6,13,16H,1,7-12,14H2,2-4H3,(H,27,28). The predicted molar refractivity (Wildman–Crippen MR) is 123 cm³/mol. The first-order chi connectivity index (χ1) is 15.1. The molecule has 4 rings (SSSR count). The Morgan fingerprint density at radius 2 is 1.97 bits per heavy atom. The maximum absolute atomic E-state index is 13.7. The summed E-state index contributed by atoms with van der Waals surface area (Å²) in [4.78, 5) is 16.5. The van der Waals surface area contributed by atoms with Crippen molar-refractivity contribution in [1.82, 2.24) is 20.0 Å². The summed E-state index contributed by atoms with van der Waals surface area (Å²) in [5, 5.41) is 8.27. The minimum atomic E-state index is -0.533. The molecule has 2 aliphatic rings. The van der Waals surface area contributed by atoms with Gasteiger partial charge in [0.05, 0.1) is 12.2 Å². The zero-order chi connectivity index (χ0) is 23.0. The molecule has 0 aliphatic carbocycles. The van der Waals surface area contributed by atoms with Crippen LogP contribution >= 0.6 is 11.6 Å². The lowest BCUT2D eigenvalue weighted by molar-refractivity contribution is 0.0223. The number of carbonyl (C=O) groups excluding carboxylic acids is 1. The van der Waals surface area contributed by atoms with Crippen molar-refractivity contribution in [3.63, 3.8) is 0 Å². The molecule has 0 saturated carbocycles. The molecule has 1 fully saturated rings. The molecule has 1 amide bonds. The van der Waals surface area contributed by atoms with Crippen molar-refractivity contribution in [1.29, 1.82) is 0 Å². The number of aromatic amines is 1. The average Bonchev–Trinajstić information content (AvgIpc) is 3.17. The molecular weight excluding hydrogens is 431 g/mol. The number of benzene rings is 1. The highest BCUT2D eigenvalue weighted by Gasteiger charge is 2.31. The lowest BCUT2D eigenvalue weighted by Crippen LogP contribution is -2.40. The quantitative estimate of drug-likeness (QED) is 0.671. The Kier molecular flexibility index (Phi) is 6.21. The van der Waals surface area contributed by atoms with Gasteiger partial charge in [-0.3, -0.25) is 5.10 Å². The fraction of sp³-hybridized carbons (Fsp3) is 0.500. The average molecular weight is 461 g/mol. The lowest BCUT2D eigenvalue weighted by Gasteiger charge is -2.35. The molecule has 172 valence electrons. The van der Waals surface area contributed by atoms with Crippen molar-refractivity contribution in [3.05, 3.63) is 58.1 Å². The number of halogens is 2. The highest BCUT2D eigenvalue weighted by Crippen LogP contribution is 2.36. The van der Waals surface area contributed by atoms with E-state index in [0.717, 1.165) is 54.1 Å². The first-order valence-corrected chi connectivity index (χ1v) is 11.4. The van der Waals surface area contributed by atoms with Crippen LogP contribution < -0.4 is 0 Å². The Morgan fingerprint density at radius 1 is 1.25 bits per heavy atom. The predicted octanol–water partition coefficient (Wildman–Crippen LogP) is 5.35. The second-order valence-electron chi connectivity index (χ2n) is 9.56. The van der Waals surface area contributed by atoms with Crippen LogP contribution in [0.25, 0.3) is 5.70 Å². The molecule has 0 unspecified atom stereocenters. The SMILES string of the molecule is C=C(c1n[nH]c2c1CN(C(=O)OC(C)(C)C)CC2)N1CCC(c2cc(F)ccc2Cl)CC1. The molecule has 32 heavy (non-hydrogen) atoms. The largest absolute Gasteiger partial charge is 0.444 e. The van der Waals surface area contributed by atoms with Gasteiger partial charge >= 0.3 is 6.09 Å². The van der Waals surface area contributed by atoms with E-state index in [9.17, 15) is 9.18 Å². The van der Waals surface area contributed by atoms with E-state index in [1.807, 2.05) is 20.8 Å². The molecule has 0 radical (unpaired) electrons. The first kappa shape index (κ1) is 22.6. The number of hydrogen-bond donors (Lipinski definition) is 1. The van der Waals surface area contributed by atoms with Crippen molar-refractivity contribution in [2.75, 3.05) is 19.6 Å². The fourth-order valence-corrected chi connectivity index (χ4v) is 4.73. The number of aromatic nitrogens is 2. The van der Waals surface area contributed by atoms with E-state index >= 15 is 0 Å². The molecule has 3 heterocycles. The van der Waals surface area contributed by atoms with E-state index in [1.54, 1.807) is 17.0 Å². The van der Waals surface area contributed by atoms with E-state index in [2.05, 4.69) is 21.7 Å². The molecule has 1 N–H and O–H groups in total. The summed E-state index contributed by atoms with van der Waals surface area (Å²) in [5.74, 6) is -0.0352. The maximum atomic E-state index is 13.7. The van der Waals surface area contributed by atoms with E-state index in [0.29, 0.717) is 24.5 Å². The van der Waals surface area contributed by atoms with Gasteiger partial charge in [0.15, 0.2) is 0 Å². The highest BCUT2D eigenvalue weighted by molar-refractivity contribution is 6.31. The van der Waals surface area contributed by atoms with Gasteiger partial charge in [-0.2, -0.15) is 5.10 Å². The minimum absolute atomic E-state index is 0.220. The van der Waals surface area contributed by atoms with Crippen molar-refractivity contribution in [2.45, 2.75) is 58.1 Å². The number of H-pyrrole nitrogens is 1. The number of nitrogens with one attached hydrogen (secondary N) is 1. The van der Waals surface area contributed by atoms with Crippen LogP contribution in [0.2, 0.25) is 5.02 Å². The maximum Gasteiger partial charge on any atom is 0.410 e. The smallest absolute Gasteiger partial charge is 0.410 e. The van der Waals surface area contributed by atoms with Crippen LogP contribution in [-0.4, -0.2) is 51.3 Å². The van der Waals surface area contributed by atoms with Gasteiger partial charge in [0, 0.05) is 42.3 Å². The monoisotopic (exact) mass is 460 g/mol. The summed E-state index contributed by atoms with van der Waals surface area (Å²) in [5.41, 5.74) is 4.04. The Bertz CT molecular complexity index is 1020. The van der Waals surface area contributed by atoms with Crippen molar-refractivity contribution < 1.29 is 13.9 Å². The molecule has 1 saturated heterocycles. The number of nitrogens with zero attached hydrogens (tertiary/aromatic N) is 3. The summed E-state index contributed by atoms with van der Waals surface area (Å²) in [6.07, 6.45) is 2.11. The molecule has 2 aromatic rings. The molecule has 8 heteroatoms. The Morgan fingerprint density at radius 3 is 2.66 bits per heavy atom.